The van der Waals surface area contributed by atoms with E-state index in [1.807, 2.05) is 26.0 Å². The van der Waals surface area contributed by atoms with Crippen LogP contribution in [0.15, 0.2) is 60.7 Å². The normalized spacial score (nSPS) is 13.0. The second-order valence-electron chi connectivity index (χ2n) is 6.44. The summed E-state index contributed by atoms with van der Waals surface area (Å²) in [5, 5.41) is 15.9. The number of hydrogen-bond donors (Lipinski definition) is 3. The van der Waals surface area contributed by atoms with Crippen molar-refractivity contribution in [2.45, 2.75) is 32.2 Å². The summed E-state index contributed by atoms with van der Waals surface area (Å²) < 4.78 is 5.72. The fourth-order valence-corrected chi connectivity index (χ4v) is 2.53. The van der Waals surface area contributed by atoms with Crippen molar-refractivity contribution in [3.63, 3.8) is 0 Å². The van der Waals surface area contributed by atoms with Crippen molar-refractivity contribution < 1.29 is 19.4 Å². The minimum atomic E-state index is -0.962. The monoisotopic (exact) mass is 370 g/mol. The smallest absolute Gasteiger partial charge is 0.251 e. The minimum absolute atomic E-state index is 0.0202. The first-order chi connectivity index (χ1) is 13.0. The van der Waals surface area contributed by atoms with Crippen LogP contribution in [0.25, 0.3) is 0 Å². The predicted octanol–water partition coefficient (Wildman–Crippen LogP) is 2.00. The molecule has 2 aromatic rings. The van der Waals surface area contributed by atoms with Gasteiger partial charge in [0.1, 0.15) is 6.10 Å². The molecule has 144 valence electrons. The number of aliphatic hydroxyl groups excluding tert-OH is 1. The Hall–Kier alpha value is -2.70. The molecule has 0 heterocycles. The SMILES string of the molecule is CC(C)O[C@H](CNC(=O)c1ccccc1)[C@@H](O)CNC(=O)c1ccccc1. The zero-order valence-corrected chi connectivity index (χ0v) is 15.6. The van der Waals surface area contributed by atoms with Crippen molar-refractivity contribution in [3.8, 4) is 0 Å². The van der Waals surface area contributed by atoms with E-state index in [1.165, 1.54) is 0 Å². The summed E-state index contributed by atoms with van der Waals surface area (Å²) in [6, 6.07) is 17.6. The zero-order chi connectivity index (χ0) is 19.6. The molecule has 0 bridgehead atoms. The molecular weight excluding hydrogens is 344 g/mol. The number of amides is 2. The number of nitrogens with one attached hydrogen (secondary N) is 2. The molecule has 2 atom stereocenters. The fraction of sp³-hybridized carbons (Fsp3) is 0.333. The molecule has 0 saturated heterocycles. The van der Waals surface area contributed by atoms with Crippen molar-refractivity contribution in [2.75, 3.05) is 13.1 Å². The van der Waals surface area contributed by atoms with Gasteiger partial charge in [0.25, 0.3) is 11.8 Å². The van der Waals surface area contributed by atoms with Crippen LogP contribution in [0.4, 0.5) is 0 Å². The van der Waals surface area contributed by atoms with E-state index in [2.05, 4.69) is 10.6 Å². The fourth-order valence-electron chi connectivity index (χ4n) is 2.53. The van der Waals surface area contributed by atoms with Crippen molar-refractivity contribution in [1.82, 2.24) is 10.6 Å². The molecule has 27 heavy (non-hydrogen) atoms. The molecule has 0 unspecified atom stereocenters. The highest BCUT2D eigenvalue weighted by atomic mass is 16.5. The highest BCUT2D eigenvalue weighted by Crippen LogP contribution is 2.05. The van der Waals surface area contributed by atoms with Gasteiger partial charge >= 0.3 is 0 Å². The largest absolute Gasteiger partial charge is 0.388 e. The molecule has 2 aromatic carbocycles. The van der Waals surface area contributed by atoms with E-state index in [4.69, 9.17) is 4.74 Å². The van der Waals surface area contributed by atoms with Gasteiger partial charge in [0, 0.05) is 24.2 Å². The summed E-state index contributed by atoms with van der Waals surface area (Å²) >= 11 is 0. The van der Waals surface area contributed by atoms with E-state index in [-0.39, 0.29) is 31.0 Å². The molecule has 0 aromatic heterocycles. The standard InChI is InChI=1S/C21H26N2O4/c1-15(2)27-19(14-23-21(26)17-11-7-4-8-12-17)18(24)13-22-20(25)16-9-5-3-6-10-16/h3-12,15,18-19,24H,13-14H2,1-2H3,(H,22,25)(H,23,26)/t18-,19+/m0/s1. The summed E-state index contributed by atoms with van der Waals surface area (Å²) in [5.41, 5.74) is 1.05. The van der Waals surface area contributed by atoms with Gasteiger partial charge in [-0.2, -0.15) is 0 Å². The van der Waals surface area contributed by atoms with Crippen LogP contribution in [-0.2, 0) is 4.74 Å². The van der Waals surface area contributed by atoms with Crippen molar-refractivity contribution in [3.05, 3.63) is 71.8 Å². The van der Waals surface area contributed by atoms with Crippen LogP contribution in [0.5, 0.6) is 0 Å². The van der Waals surface area contributed by atoms with Gasteiger partial charge in [-0.05, 0) is 38.1 Å². The van der Waals surface area contributed by atoms with Gasteiger partial charge in [-0.1, -0.05) is 36.4 Å². The molecule has 3 N–H and O–H groups in total. The van der Waals surface area contributed by atoms with E-state index >= 15 is 0 Å². The summed E-state index contributed by atoms with van der Waals surface area (Å²) in [7, 11) is 0. The van der Waals surface area contributed by atoms with Gasteiger partial charge in [0.05, 0.1) is 12.2 Å². The van der Waals surface area contributed by atoms with Crippen LogP contribution in [-0.4, -0.2) is 48.3 Å². The van der Waals surface area contributed by atoms with Crippen LogP contribution in [0.3, 0.4) is 0 Å². The number of rotatable bonds is 9. The first-order valence-corrected chi connectivity index (χ1v) is 8.97. The average molecular weight is 370 g/mol. The Morgan fingerprint density at radius 3 is 1.74 bits per heavy atom. The molecule has 2 amide bonds. The molecule has 6 nitrogen and oxygen atoms in total. The van der Waals surface area contributed by atoms with Crippen LogP contribution in [0.2, 0.25) is 0 Å². The minimum Gasteiger partial charge on any atom is -0.388 e. The van der Waals surface area contributed by atoms with E-state index in [0.717, 1.165) is 0 Å². The molecule has 0 fully saturated rings. The Bertz CT molecular complexity index is 719. The van der Waals surface area contributed by atoms with Crippen LogP contribution < -0.4 is 10.6 Å². The molecular formula is C21H26N2O4. The summed E-state index contributed by atoms with van der Waals surface area (Å²) in [5.74, 6) is -0.514. The predicted molar refractivity (Wildman–Crippen MR) is 104 cm³/mol. The third-order valence-corrected chi connectivity index (χ3v) is 3.88. The number of aliphatic hydroxyl groups is 1. The summed E-state index contributed by atoms with van der Waals surface area (Å²) in [6.07, 6.45) is -1.74. The molecule has 0 radical (unpaired) electrons. The van der Waals surface area contributed by atoms with Gasteiger partial charge < -0.3 is 20.5 Å². The third kappa shape index (κ3) is 6.84. The van der Waals surface area contributed by atoms with Crippen LogP contribution >= 0.6 is 0 Å². The number of ether oxygens (including phenoxy) is 1. The molecule has 0 aliphatic heterocycles. The van der Waals surface area contributed by atoms with Crippen molar-refractivity contribution in [1.29, 1.82) is 0 Å². The Kier molecular flexibility index (Phi) is 7.98. The quantitative estimate of drug-likeness (QED) is 0.630. The first-order valence-electron chi connectivity index (χ1n) is 8.97. The molecule has 0 saturated carbocycles. The second-order valence-corrected chi connectivity index (χ2v) is 6.44. The zero-order valence-electron chi connectivity index (χ0n) is 15.6. The number of hydrogen-bond acceptors (Lipinski definition) is 4. The van der Waals surface area contributed by atoms with Crippen molar-refractivity contribution in [2.24, 2.45) is 0 Å². The Morgan fingerprint density at radius 2 is 1.30 bits per heavy atom. The Balaban J connectivity index is 1.90. The molecule has 6 heteroatoms. The van der Waals surface area contributed by atoms with E-state index in [1.54, 1.807) is 48.5 Å². The Labute approximate surface area is 159 Å². The molecule has 0 aliphatic carbocycles. The Morgan fingerprint density at radius 1 is 0.852 bits per heavy atom. The number of carbonyl (C=O) groups is 2. The van der Waals surface area contributed by atoms with Crippen molar-refractivity contribution >= 4 is 11.8 Å². The maximum atomic E-state index is 12.2. The van der Waals surface area contributed by atoms with Gasteiger partial charge in [0.2, 0.25) is 0 Å². The van der Waals surface area contributed by atoms with Gasteiger partial charge in [-0.15, -0.1) is 0 Å². The van der Waals surface area contributed by atoms with E-state index in [0.29, 0.717) is 11.1 Å². The highest BCUT2D eigenvalue weighted by molar-refractivity contribution is 5.94. The van der Waals surface area contributed by atoms with Gasteiger partial charge in [-0.3, -0.25) is 9.59 Å². The maximum absolute atomic E-state index is 12.2. The molecule has 0 spiro atoms. The summed E-state index contributed by atoms with van der Waals surface area (Å²) in [6.45, 7) is 3.85. The average Bonchev–Trinajstić information content (AvgIpc) is 2.69. The number of benzene rings is 2. The summed E-state index contributed by atoms with van der Waals surface area (Å²) in [4.78, 5) is 24.3. The lowest BCUT2D eigenvalue weighted by molar-refractivity contribution is -0.0606. The second kappa shape index (κ2) is 10.4. The van der Waals surface area contributed by atoms with E-state index < -0.39 is 12.2 Å². The van der Waals surface area contributed by atoms with E-state index in [9.17, 15) is 14.7 Å². The lowest BCUT2D eigenvalue weighted by Gasteiger charge is -2.26. The highest BCUT2D eigenvalue weighted by Gasteiger charge is 2.23. The maximum Gasteiger partial charge on any atom is 0.251 e. The van der Waals surface area contributed by atoms with Gasteiger partial charge in [0.15, 0.2) is 0 Å². The van der Waals surface area contributed by atoms with Crippen LogP contribution in [0.1, 0.15) is 34.6 Å². The third-order valence-electron chi connectivity index (χ3n) is 3.88. The van der Waals surface area contributed by atoms with Gasteiger partial charge in [-0.25, -0.2) is 0 Å². The lowest BCUT2D eigenvalue weighted by atomic mass is 10.1. The topological polar surface area (TPSA) is 87.7 Å². The molecule has 0 aliphatic rings. The molecule has 2 rings (SSSR count). The van der Waals surface area contributed by atoms with Crippen LogP contribution in [0, 0.1) is 0 Å². The number of carbonyl (C=O) groups excluding carboxylic acids is 2. The first kappa shape index (κ1) is 20.6. The lowest BCUT2D eigenvalue weighted by Crippen LogP contribution is -2.47.